The quantitative estimate of drug-likeness (QED) is 0.376. The summed E-state index contributed by atoms with van der Waals surface area (Å²) in [7, 11) is 1.41. The molecule has 0 saturated carbocycles. The number of aliphatic hydroxyl groups is 3. The molecule has 10 nitrogen and oxygen atoms in total. The fraction of sp³-hybridized carbons (Fsp3) is 0.348. The molecule has 1 aromatic heterocycles. The zero-order valence-electron chi connectivity index (χ0n) is 17.8. The number of hydrogen-bond acceptors (Lipinski definition) is 10. The Morgan fingerprint density at radius 1 is 1.03 bits per heavy atom. The lowest BCUT2D eigenvalue weighted by Gasteiger charge is -2.40. The summed E-state index contributed by atoms with van der Waals surface area (Å²) in [6.07, 6.45) is -4.52. The first-order valence-corrected chi connectivity index (χ1v) is 10.2. The van der Waals surface area contributed by atoms with Crippen molar-refractivity contribution in [2.75, 3.05) is 13.7 Å². The van der Waals surface area contributed by atoms with Crippen molar-refractivity contribution in [2.24, 2.45) is 5.92 Å². The van der Waals surface area contributed by atoms with Gasteiger partial charge in [0.25, 0.3) is 0 Å². The molecule has 5 atom stereocenters. The molecule has 0 aliphatic carbocycles. The van der Waals surface area contributed by atoms with E-state index in [0.717, 1.165) is 0 Å². The summed E-state index contributed by atoms with van der Waals surface area (Å²) < 4.78 is 21.9. The van der Waals surface area contributed by atoms with Gasteiger partial charge >= 0.3 is 0 Å². The van der Waals surface area contributed by atoms with Gasteiger partial charge in [-0.15, -0.1) is 0 Å². The summed E-state index contributed by atoms with van der Waals surface area (Å²) >= 11 is 0. The highest BCUT2D eigenvalue weighted by Crippen LogP contribution is 2.35. The van der Waals surface area contributed by atoms with E-state index in [1.807, 2.05) is 0 Å². The molecule has 1 fully saturated rings. The fourth-order valence-corrected chi connectivity index (χ4v) is 3.80. The Balaban J connectivity index is 1.71. The third kappa shape index (κ3) is 4.21. The summed E-state index contributed by atoms with van der Waals surface area (Å²) in [5.74, 6) is -0.785. The number of rotatable bonds is 5. The second kappa shape index (κ2) is 8.91. The molecule has 0 bridgehead atoms. The summed E-state index contributed by atoms with van der Waals surface area (Å²) in [5.41, 5.74) is -0.116. The second-order valence-corrected chi connectivity index (χ2v) is 7.86. The van der Waals surface area contributed by atoms with E-state index in [-0.39, 0.29) is 34.0 Å². The van der Waals surface area contributed by atoms with Crippen molar-refractivity contribution in [3.8, 4) is 34.3 Å². The number of aromatic hydroxyl groups is 2. The first kappa shape index (κ1) is 22.9. The molecule has 176 valence electrons. The molecule has 0 amide bonds. The number of phenols is 2. The van der Waals surface area contributed by atoms with Crippen LogP contribution < -0.4 is 14.9 Å². The van der Waals surface area contributed by atoms with Crippen molar-refractivity contribution in [3.05, 3.63) is 46.6 Å². The van der Waals surface area contributed by atoms with Gasteiger partial charge in [-0.3, -0.25) is 4.79 Å². The topological polar surface area (TPSA) is 159 Å². The van der Waals surface area contributed by atoms with Crippen molar-refractivity contribution < 1.29 is 44.2 Å². The van der Waals surface area contributed by atoms with Gasteiger partial charge in [0.1, 0.15) is 40.4 Å². The Kier molecular flexibility index (Phi) is 6.17. The summed E-state index contributed by atoms with van der Waals surface area (Å²) in [5, 5.41) is 50.3. The van der Waals surface area contributed by atoms with Gasteiger partial charge in [-0.25, -0.2) is 0 Å². The second-order valence-electron chi connectivity index (χ2n) is 7.86. The van der Waals surface area contributed by atoms with E-state index in [4.69, 9.17) is 18.6 Å². The van der Waals surface area contributed by atoms with E-state index in [2.05, 4.69) is 0 Å². The lowest BCUT2D eigenvalue weighted by atomic mass is 9.91. The molecule has 1 saturated heterocycles. The van der Waals surface area contributed by atoms with Crippen LogP contribution in [0.5, 0.6) is 23.0 Å². The van der Waals surface area contributed by atoms with E-state index in [0.29, 0.717) is 5.56 Å². The lowest BCUT2D eigenvalue weighted by molar-refractivity contribution is -0.260. The molecule has 1 aliphatic heterocycles. The molecule has 0 spiro atoms. The van der Waals surface area contributed by atoms with Crippen LogP contribution in [0.15, 0.2) is 45.6 Å². The van der Waals surface area contributed by atoms with Gasteiger partial charge in [0.05, 0.1) is 19.8 Å². The van der Waals surface area contributed by atoms with Crippen molar-refractivity contribution in [2.45, 2.75) is 31.5 Å². The SMILES string of the molecule is COc1ccc(-c2cc(=O)c3c(O)cc(O[C@@H]4O[C@H](CO)[C@@H](O)[C@H](C)[C@H]4O)cc3o2)cc1O. The Bertz CT molecular complexity index is 1220. The Morgan fingerprint density at radius 2 is 1.79 bits per heavy atom. The third-order valence-electron chi connectivity index (χ3n) is 5.73. The minimum Gasteiger partial charge on any atom is -0.507 e. The molecule has 10 heteroatoms. The molecule has 2 aromatic carbocycles. The highest BCUT2D eigenvalue weighted by molar-refractivity contribution is 5.86. The molecular weight excluding hydrogens is 436 g/mol. The van der Waals surface area contributed by atoms with Crippen LogP contribution in [0, 0.1) is 5.92 Å². The molecule has 5 N–H and O–H groups in total. The average Bonchev–Trinajstić information content (AvgIpc) is 2.78. The van der Waals surface area contributed by atoms with Crippen LogP contribution in [0.2, 0.25) is 0 Å². The molecule has 0 unspecified atom stereocenters. The van der Waals surface area contributed by atoms with E-state index in [1.165, 1.54) is 37.4 Å². The standard InChI is InChI=1S/C23H24O10/c1-10-21(28)19(9-24)33-23(22(10)29)31-12-6-14(26)20-15(27)8-17(32-18(20)7-12)11-3-4-16(30-2)13(25)5-11/h3-8,10,19,21-26,28-29H,9H2,1-2H3/t10-,19+,21-,22+,23+/m0/s1. The average molecular weight is 460 g/mol. The van der Waals surface area contributed by atoms with Gasteiger partial charge in [0.15, 0.2) is 16.9 Å². The minimum atomic E-state index is -1.24. The number of benzene rings is 2. The molecule has 1 aliphatic rings. The molecule has 4 rings (SSSR count). The van der Waals surface area contributed by atoms with Crippen LogP contribution in [0.4, 0.5) is 0 Å². The maximum Gasteiger partial charge on any atom is 0.226 e. The van der Waals surface area contributed by atoms with E-state index >= 15 is 0 Å². The van der Waals surface area contributed by atoms with Crippen LogP contribution in [0.3, 0.4) is 0 Å². The maximum absolute atomic E-state index is 12.6. The smallest absolute Gasteiger partial charge is 0.226 e. The van der Waals surface area contributed by atoms with Crippen molar-refractivity contribution in [1.82, 2.24) is 0 Å². The van der Waals surface area contributed by atoms with Crippen molar-refractivity contribution in [1.29, 1.82) is 0 Å². The molecule has 2 heterocycles. The van der Waals surface area contributed by atoms with Gasteiger partial charge in [0, 0.05) is 29.7 Å². The maximum atomic E-state index is 12.6. The van der Waals surface area contributed by atoms with Gasteiger partial charge < -0.3 is 44.2 Å². The summed E-state index contributed by atoms with van der Waals surface area (Å²) in [4.78, 5) is 12.6. The van der Waals surface area contributed by atoms with Crippen LogP contribution in [0.25, 0.3) is 22.3 Å². The third-order valence-corrected chi connectivity index (χ3v) is 5.73. The zero-order valence-corrected chi connectivity index (χ0v) is 17.8. The summed E-state index contributed by atoms with van der Waals surface area (Å²) in [6.45, 7) is 1.11. The fourth-order valence-electron chi connectivity index (χ4n) is 3.80. The number of hydrogen-bond donors (Lipinski definition) is 5. The number of fused-ring (bicyclic) bond motifs is 1. The normalized spacial score (nSPS) is 25.2. The van der Waals surface area contributed by atoms with Gasteiger partial charge in [-0.1, -0.05) is 6.92 Å². The van der Waals surface area contributed by atoms with E-state index in [9.17, 15) is 30.3 Å². The highest BCUT2D eigenvalue weighted by Gasteiger charge is 2.43. The zero-order chi connectivity index (χ0) is 23.9. The molecule has 33 heavy (non-hydrogen) atoms. The van der Waals surface area contributed by atoms with Crippen molar-refractivity contribution >= 4 is 11.0 Å². The predicted molar refractivity (Wildman–Crippen MR) is 115 cm³/mol. The molecule has 3 aromatic rings. The predicted octanol–water partition coefficient (Wildman–Crippen LogP) is 1.33. The first-order valence-electron chi connectivity index (χ1n) is 10.2. The van der Waals surface area contributed by atoms with Gasteiger partial charge in [-0.2, -0.15) is 0 Å². The number of aliphatic hydroxyl groups excluding tert-OH is 3. The highest BCUT2D eigenvalue weighted by atomic mass is 16.7. The van der Waals surface area contributed by atoms with E-state index < -0.39 is 48.3 Å². The summed E-state index contributed by atoms with van der Waals surface area (Å²) in [6, 6.07) is 8.20. The monoisotopic (exact) mass is 460 g/mol. The van der Waals surface area contributed by atoms with Crippen LogP contribution in [0.1, 0.15) is 6.92 Å². The largest absolute Gasteiger partial charge is 0.507 e. The lowest BCUT2D eigenvalue weighted by Crippen LogP contribution is -2.56. The first-order chi connectivity index (χ1) is 15.7. The number of phenolic OH excluding ortho intramolecular Hbond substituents is 2. The van der Waals surface area contributed by atoms with Crippen molar-refractivity contribution in [3.63, 3.8) is 0 Å². The number of methoxy groups -OCH3 is 1. The van der Waals surface area contributed by atoms with Crippen LogP contribution in [-0.2, 0) is 4.74 Å². The van der Waals surface area contributed by atoms with Crippen LogP contribution >= 0.6 is 0 Å². The van der Waals surface area contributed by atoms with Crippen LogP contribution in [-0.4, -0.2) is 63.9 Å². The minimum absolute atomic E-state index is 0.0000940. The van der Waals surface area contributed by atoms with E-state index in [1.54, 1.807) is 13.0 Å². The van der Waals surface area contributed by atoms with Gasteiger partial charge in [0.2, 0.25) is 6.29 Å². The molecular formula is C23H24O10. The Hall–Kier alpha value is -3.31. The number of ether oxygens (including phenoxy) is 3. The van der Waals surface area contributed by atoms with Gasteiger partial charge in [-0.05, 0) is 18.2 Å². The Morgan fingerprint density at radius 3 is 2.45 bits per heavy atom. The molecule has 0 radical (unpaired) electrons. The Labute approximate surface area is 187 Å².